The van der Waals surface area contributed by atoms with E-state index in [2.05, 4.69) is 173 Å². The van der Waals surface area contributed by atoms with Crippen LogP contribution in [0.25, 0.3) is 133 Å². The number of aromatic nitrogens is 5. The number of para-hydroxylation sites is 4. The van der Waals surface area contributed by atoms with Crippen LogP contribution in [0.4, 0.5) is 0 Å². The Morgan fingerprint density at radius 2 is 0.725 bits per heavy atom. The third-order valence-electron chi connectivity index (χ3n) is 13.6. The van der Waals surface area contributed by atoms with Crippen molar-refractivity contribution in [2.75, 3.05) is 0 Å². The molecule has 69 heavy (non-hydrogen) atoms. The van der Waals surface area contributed by atoms with Crippen molar-refractivity contribution >= 4 is 65.6 Å². The molecule has 4 aromatic heterocycles. The Kier molecular flexibility index (Phi) is 8.79. The van der Waals surface area contributed by atoms with Crippen molar-refractivity contribution in [1.29, 1.82) is 0 Å². The predicted octanol–water partition coefficient (Wildman–Crippen LogP) is 16.3. The van der Waals surface area contributed by atoms with Crippen LogP contribution in [-0.2, 0) is 0 Å². The SMILES string of the molecule is c1ccc(-c2nc(-c3ccccc3)nc(-c3cccc(-c4cccc(-n5c6ccccc6c6cc(-c7ccc8c(c7)c7ccccc7n8-c7cccc8c7oc7ccccc78)ccc65)c4)c3)n2)cc1. The summed E-state index contributed by atoms with van der Waals surface area (Å²) in [5.41, 5.74) is 15.8. The fraction of sp³-hybridized carbons (Fsp3) is 0. The maximum absolute atomic E-state index is 6.56. The first kappa shape index (κ1) is 38.8. The Hall–Kier alpha value is -9.39. The summed E-state index contributed by atoms with van der Waals surface area (Å²) in [5, 5.41) is 7.05. The van der Waals surface area contributed by atoms with E-state index in [0.717, 1.165) is 88.8 Å². The van der Waals surface area contributed by atoms with E-state index in [1.165, 1.54) is 27.1 Å². The summed E-state index contributed by atoms with van der Waals surface area (Å²) < 4.78 is 11.3. The Morgan fingerprint density at radius 3 is 1.39 bits per heavy atom. The number of furan rings is 1. The van der Waals surface area contributed by atoms with Gasteiger partial charge in [-0.1, -0.05) is 170 Å². The zero-order valence-corrected chi connectivity index (χ0v) is 37.2. The van der Waals surface area contributed by atoms with Gasteiger partial charge in [0.1, 0.15) is 5.58 Å². The van der Waals surface area contributed by atoms with Crippen LogP contribution in [0.15, 0.2) is 241 Å². The van der Waals surface area contributed by atoms with Gasteiger partial charge in [0.25, 0.3) is 0 Å². The molecule has 0 amide bonds. The lowest BCUT2D eigenvalue weighted by molar-refractivity contribution is 0.666. The topological polar surface area (TPSA) is 61.7 Å². The molecule has 0 aliphatic carbocycles. The van der Waals surface area contributed by atoms with Gasteiger partial charge in [0, 0.05) is 54.7 Å². The van der Waals surface area contributed by atoms with Gasteiger partial charge in [0.05, 0.1) is 27.8 Å². The zero-order chi connectivity index (χ0) is 45.4. The molecule has 322 valence electrons. The minimum atomic E-state index is 0.629. The molecular weight excluding hydrogens is 843 g/mol. The van der Waals surface area contributed by atoms with Crippen LogP contribution in [0.2, 0.25) is 0 Å². The molecule has 0 saturated heterocycles. The third-order valence-corrected chi connectivity index (χ3v) is 13.6. The molecule has 0 N–H and O–H groups in total. The van der Waals surface area contributed by atoms with Crippen LogP contribution in [0.1, 0.15) is 0 Å². The summed E-state index contributed by atoms with van der Waals surface area (Å²) in [6.45, 7) is 0. The lowest BCUT2D eigenvalue weighted by Crippen LogP contribution is -2.00. The van der Waals surface area contributed by atoms with Gasteiger partial charge < -0.3 is 13.6 Å². The highest BCUT2D eigenvalue weighted by Crippen LogP contribution is 2.41. The van der Waals surface area contributed by atoms with E-state index in [0.29, 0.717) is 17.5 Å². The fourth-order valence-corrected chi connectivity index (χ4v) is 10.4. The fourth-order valence-electron chi connectivity index (χ4n) is 10.4. The monoisotopic (exact) mass is 881 g/mol. The Labute approximate surface area is 396 Å². The van der Waals surface area contributed by atoms with Crippen LogP contribution in [-0.4, -0.2) is 24.1 Å². The molecule has 0 atom stereocenters. The van der Waals surface area contributed by atoms with Crippen LogP contribution in [0.5, 0.6) is 0 Å². The van der Waals surface area contributed by atoms with Crippen molar-refractivity contribution in [3.8, 4) is 67.8 Å². The summed E-state index contributed by atoms with van der Waals surface area (Å²) in [6, 6.07) is 83.5. The largest absolute Gasteiger partial charge is 0.454 e. The van der Waals surface area contributed by atoms with Crippen molar-refractivity contribution in [3.63, 3.8) is 0 Å². The first-order valence-corrected chi connectivity index (χ1v) is 23.3. The van der Waals surface area contributed by atoms with Crippen LogP contribution in [0.3, 0.4) is 0 Å². The van der Waals surface area contributed by atoms with Gasteiger partial charge in [0.2, 0.25) is 0 Å². The van der Waals surface area contributed by atoms with Crippen molar-refractivity contribution in [3.05, 3.63) is 237 Å². The van der Waals surface area contributed by atoms with E-state index in [-0.39, 0.29) is 0 Å². The second-order valence-electron chi connectivity index (χ2n) is 17.6. The Bertz CT molecular complexity index is 4260. The van der Waals surface area contributed by atoms with Gasteiger partial charge in [-0.25, -0.2) is 15.0 Å². The molecule has 10 aromatic carbocycles. The molecule has 0 spiro atoms. The molecule has 0 bridgehead atoms. The number of hydrogen-bond acceptors (Lipinski definition) is 4. The van der Waals surface area contributed by atoms with Crippen molar-refractivity contribution in [2.45, 2.75) is 0 Å². The van der Waals surface area contributed by atoms with E-state index in [1.807, 2.05) is 72.8 Å². The highest BCUT2D eigenvalue weighted by molar-refractivity contribution is 6.14. The van der Waals surface area contributed by atoms with E-state index < -0.39 is 0 Å². The van der Waals surface area contributed by atoms with Gasteiger partial charge in [-0.05, 0) is 89.0 Å². The van der Waals surface area contributed by atoms with Gasteiger partial charge in [-0.15, -0.1) is 0 Å². The summed E-state index contributed by atoms with van der Waals surface area (Å²) in [7, 11) is 0. The number of hydrogen-bond donors (Lipinski definition) is 0. The van der Waals surface area contributed by atoms with Gasteiger partial charge in [-0.2, -0.15) is 0 Å². The molecule has 4 heterocycles. The maximum atomic E-state index is 6.56. The van der Waals surface area contributed by atoms with E-state index in [4.69, 9.17) is 19.4 Å². The molecule has 0 radical (unpaired) electrons. The lowest BCUT2D eigenvalue weighted by Gasteiger charge is -2.12. The average Bonchev–Trinajstić information content (AvgIpc) is 4.09. The quantitative estimate of drug-likeness (QED) is 0.160. The normalized spacial score (nSPS) is 11.8. The van der Waals surface area contributed by atoms with Crippen LogP contribution in [0, 0.1) is 0 Å². The standard InChI is InChI=1S/C63H39N5O/c1-3-16-40(17-4-1)61-64-62(41-18-5-2-6-19-41)66-63(65-61)46-22-13-20-42(36-46)43-21-14-23-47(37-43)67-54-28-10-7-24-48(54)52-38-44(32-34-56(52)67)45-33-35-57-53(39-45)49-25-8-11-29-55(49)68(57)58-30-15-27-51-50-26-9-12-31-59(50)69-60(51)58/h1-39H. The Balaban J connectivity index is 0.858. The third kappa shape index (κ3) is 6.38. The zero-order valence-electron chi connectivity index (χ0n) is 37.2. The summed E-state index contributed by atoms with van der Waals surface area (Å²) in [5.74, 6) is 1.91. The maximum Gasteiger partial charge on any atom is 0.164 e. The molecule has 0 aliphatic rings. The van der Waals surface area contributed by atoms with Crippen LogP contribution >= 0.6 is 0 Å². The summed E-state index contributed by atoms with van der Waals surface area (Å²) in [6.07, 6.45) is 0. The minimum Gasteiger partial charge on any atom is -0.454 e. The van der Waals surface area contributed by atoms with Crippen molar-refractivity contribution in [1.82, 2.24) is 24.1 Å². The lowest BCUT2D eigenvalue weighted by atomic mass is 10.0. The van der Waals surface area contributed by atoms with Gasteiger partial charge in [-0.3, -0.25) is 0 Å². The van der Waals surface area contributed by atoms with Crippen molar-refractivity contribution in [2.24, 2.45) is 0 Å². The van der Waals surface area contributed by atoms with Crippen LogP contribution < -0.4 is 0 Å². The summed E-state index contributed by atoms with van der Waals surface area (Å²) >= 11 is 0. The number of rotatable bonds is 7. The van der Waals surface area contributed by atoms with E-state index >= 15 is 0 Å². The smallest absolute Gasteiger partial charge is 0.164 e. The van der Waals surface area contributed by atoms with Crippen molar-refractivity contribution < 1.29 is 4.42 Å². The summed E-state index contributed by atoms with van der Waals surface area (Å²) in [4.78, 5) is 14.9. The predicted molar refractivity (Wildman–Crippen MR) is 283 cm³/mol. The molecule has 0 saturated carbocycles. The van der Waals surface area contributed by atoms with Gasteiger partial charge in [0.15, 0.2) is 23.1 Å². The first-order chi connectivity index (χ1) is 34.2. The molecule has 14 rings (SSSR count). The molecule has 0 unspecified atom stereocenters. The second kappa shape index (κ2) is 15.6. The van der Waals surface area contributed by atoms with E-state index in [9.17, 15) is 0 Å². The van der Waals surface area contributed by atoms with Gasteiger partial charge >= 0.3 is 0 Å². The highest BCUT2D eigenvalue weighted by Gasteiger charge is 2.20. The highest BCUT2D eigenvalue weighted by atomic mass is 16.3. The first-order valence-electron chi connectivity index (χ1n) is 23.3. The number of benzene rings is 10. The molecule has 14 aromatic rings. The van der Waals surface area contributed by atoms with E-state index in [1.54, 1.807) is 0 Å². The number of fused-ring (bicyclic) bond motifs is 9. The Morgan fingerprint density at radius 1 is 0.275 bits per heavy atom. The molecule has 6 nitrogen and oxygen atoms in total. The molecule has 6 heteroatoms. The number of nitrogens with zero attached hydrogens (tertiary/aromatic N) is 5. The molecule has 0 aliphatic heterocycles. The molecular formula is C63H39N5O. The molecule has 0 fully saturated rings. The minimum absolute atomic E-state index is 0.629. The average molecular weight is 882 g/mol. The second-order valence-corrected chi connectivity index (χ2v) is 17.6.